The Hall–Kier alpha value is -1.41. The minimum Gasteiger partial charge on any atom is -0.310 e. The average Bonchev–Trinajstić information content (AvgIpc) is 2.53. The topological polar surface area (TPSA) is 56.3 Å². The molecule has 0 saturated carbocycles. The maximum absolute atomic E-state index is 9.50. The Morgan fingerprint density at radius 2 is 2.05 bits per heavy atom. The third kappa shape index (κ3) is 3.82. The molecular formula is C17H26N4. The molecule has 0 aliphatic carbocycles. The number of likely N-dealkylation sites (N-methyl/N-ethyl adjacent to an activating group) is 1. The van der Waals surface area contributed by atoms with Gasteiger partial charge in [0.05, 0.1) is 6.07 Å². The predicted octanol–water partition coefficient (Wildman–Crippen LogP) is 1.78. The zero-order valence-corrected chi connectivity index (χ0v) is 13.1. The van der Waals surface area contributed by atoms with Crippen LogP contribution in [0.3, 0.4) is 0 Å². The number of nitriles is 1. The summed E-state index contributed by atoms with van der Waals surface area (Å²) in [7, 11) is 0. The second-order valence-corrected chi connectivity index (χ2v) is 5.98. The van der Waals surface area contributed by atoms with Crippen molar-refractivity contribution < 1.29 is 0 Å². The molecule has 0 amide bonds. The number of hydrogen-bond acceptors (Lipinski definition) is 4. The van der Waals surface area contributed by atoms with Crippen molar-refractivity contribution >= 4 is 0 Å². The van der Waals surface area contributed by atoms with E-state index in [4.69, 9.17) is 5.73 Å². The quantitative estimate of drug-likeness (QED) is 0.896. The SMILES string of the molecule is CCN1CCN(CCC(N)(C#N)c2ccccc2)CC1C. The molecule has 1 fully saturated rings. The number of hydrogen-bond donors (Lipinski definition) is 1. The van der Waals surface area contributed by atoms with Crippen LogP contribution >= 0.6 is 0 Å². The minimum atomic E-state index is -0.883. The first-order valence-corrected chi connectivity index (χ1v) is 7.81. The summed E-state index contributed by atoms with van der Waals surface area (Å²) in [5, 5.41) is 9.50. The van der Waals surface area contributed by atoms with Gasteiger partial charge in [0.2, 0.25) is 0 Å². The molecule has 1 aromatic rings. The Bertz CT molecular complexity index is 481. The largest absolute Gasteiger partial charge is 0.310 e. The van der Waals surface area contributed by atoms with E-state index in [1.54, 1.807) is 0 Å². The van der Waals surface area contributed by atoms with Crippen LogP contribution in [0.4, 0.5) is 0 Å². The zero-order valence-electron chi connectivity index (χ0n) is 13.1. The van der Waals surface area contributed by atoms with Crippen LogP contribution in [0, 0.1) is 11.3 Å². The molecule has 4 heteroatoms. The predicted molar refractivity (Wildman–Crippen MR) is 85.7 cm³/mol. The number of nitrogens with zero attached hydrogens (tertiary/aromatic N) is 3. The minimum absolute atomic E-state index is 0.578. The fourth-order valence-corrected chi connectivity index (χ4v) is 3.08. The van der Waals surface area contributed by atoms with Crippen LogP contribution in [0.5, 0.6) is 0 Å². The number of piperazine rings is 1. The summed E-state index contributed by atoms with van der Waals surface area (Å²) in [4.78, 5) is 4.92. The molecule has 114 valence electrons. The van der Waals surface area contributed by atoms with Crippen molar-refractivity contribution in [2.75, 3.05) is 32.7 Å². The van der Waals surface area contributed by atoms with Gasteiger partial charge in [-0.15, -0.1) is 0 Å². The van der Waals surface area contributed by atoms with Crippen LogP contribution in [0.15, 0.2) is 30.3 Å². The first-order valence-electron chi connectivity index (χ1n) is 7.81. The molecule has 2 unspecified atom stereocenters. The second-order valence-electron chi connectivity index (χ2n) is 5.98. The molecule has 2 rings (SSSR count). The van der Waals surface area contributed by atoms with E-state index in [2.05, 4.69) is 29.7 Å². The fraction of sp³-hybridized carbons (Fsp3) is 0.588. The van der Waals surface area contributed by atoms with Gasteiger partial charge in [-0.25, -0.2) is 0 Å². The lowest BCUT2D eigenvalue weighted by Gasteiger charge is -2.40. The molecule has 0 radical (unpaired) electrons. The first kappa shape index (κ1) is 16.0. The van der Waals surface area contributed by atoms with Gasteiger partial charge in [0.15, 0.2) is 0 Å². The van der Waals surface area contributed by atoms with Crippen LogP contribution in [0.2, 0.25) is 0 Å². The number of nitrogens with two attached hydrogens (primary N) is 1. The molecule has 0 spiro atoms. The lowest BCUT2D eigenvalue weighted by Crippen LogP contribution is -2.52. The van der Waals surface area contributed by atoms with E-state index in [9.17, 15) is 5.26 Å². The van der Waals surface area contributed by atoms with Gasteiger partial charge in [-0.2, -0.15) is 5.26 Å². The van der Waals surface area contributed by atoms with E-state index in [1.165, 1.54) is 0 Å². The molecular weight excluding hydrogens is 260 g/mol. The van der Waals surface area contributed by atoms with Gasteiger partial charge in [-0.1, -0.05) is 37.3 Å². The Balaban J connectivity index is 1.94. The monoisotopic (exact) mass is 286 g/mol. The van der Waals surface area contributed by atoms with E-state index in [0.29, 0.717) is 12.5 Å². The Kier molecular flexibility index (Phi) is 5.35. The summed E-state index contributed by atoms with van der Waals surface area (Å²) in [5.74, 6) is 0. The molecule has 1 heterocycles. The average molecular weight is 286 g/mol. The lowest BCUT2D eigenvalue weighted by atomic mass is 9.89. The van der Waals surface area contributed by atoms with Crippen molar-refractivity contribution in [3.63, 3.8) is 0 Å². The van der Waals surface area contributed by atoms with Crippen LogP contribution in [-0.4, -0.2) is 48.6 Å². The standard InChI is InChI=1S/C17H26N4/c1-3-21-12-11-20(13-15(21)2)10-9-17(19,14-18)16-7-5-4-6-8-16/h4-8,15H,3,9-13,19H2,1-2H3. The van der Waals surface area contributed by atoms with Crippen LogP contribution in [0.1, 0.15) is 25.8 Å². The molecule has 21 heavy (non-hydrogen) atoms. The van der Waals surface area contributed by atoms with Gasteiger partial charge in [-0.05, 0) is 25.5 Å². The molecule has 1 aromatic carbocycles. The highest BCUT2D eigenvalue weighted by Crippen LogP contribution is 2.22. The van der Waals surface area contributed by atoms with Gasteiger partial charge in [0, 0.05) is 32.2 Å². The Morgan fingerprint density at radius 3 is 2.62 bits per heavy atom. The van der Waals surface area contributed by atoms with Crippen molar-refractivity contribution in [3.8, 4) is 6.07 Å². The van der Waals surface area contributed by atoms with Gasteiger partial charge in [0.25, 0.3) is 0 Å². The fourth-order valence-electron chi connectivity index (χ4n) is 3.08. The molecule has 2 atom stereocenters. The van der Waals surface area contributed by atoms with Crippen LogP contribution in [-0.2, 0) is 5.54 Å². The number of rotatable bonds is 5. The highest BCUT2D eigenvalue weighted by atomic mass is 15.3. The smallest absolute Gasteiger partial charge is 0.131 e. The molecule has 1 aliphatic rings. The lowest BCUT2D eigenvalue weighted by molar-refractivity contribution is 0.0843. The normalized spacial score (nSPS) is 23.4. The third-order valence-electron chi connectivity index (χ3n) is 4.57. The summed E-state index contributed by atoms with van der Waals surface area (Å²) in [6.07, 6.45) is 0.673. The van der Waals surface area contributed by atoms with E-state index in [1.807, 2.05) is 30.3 Å². The molecule has 4 nitrogen and oxygen atoms in total. The van der Waals surface area contributed by atoms with Crippen molar-refractivity contribution in [2.24, 2.45) is 5.73 Å². The second kappa shape index (κ2) is 7.04. The zero-order chi connectivity index (χ0) is 15.3. The molecule has 1 aliphatic heterocycles. The highest BCUT2D eigenvalue weighted by molar-refractivity contribution is 5.30. The van der Waals surface area contributed by atoms with Crippen molar-refractivity contribution in [3.05, 3.63) is 35.9 Å². The van der Waals surface area contributed by atoms with Crippen molar-refractivity contribution in [1.82, 2.24) is 9.80 Å². The Morgan fingerprint density at radius 1 is 1.33 bits per heavy atom. The molecule has 0 bridgehead atoms. The molecule has 0 aromatic heterocycles. The van der Waals surface area contributed by atoms with E-state index >= 15 is 0 Å². The summed E-state index contributed by atoms with van der Waals surface area (Å²) in [5.41, 5.74) is 6.35. The van der Waals surface area contributed by atoms with Gasteiger partial charge < -0.3 is 10.6 Å². The molecule has 2 N–H and O–H groups in total. The van der Waals surface area contributed by atoms with Crippen LogP contribution in [0.25, 0.3) is 0 Å². The molecule has 1 saturated heterocycles. The Labute approximate surface area is 128 Å². The highest BCUT2D eigenvalue weighted by Gasteiger charge is 2.29. The summed E-state index contributed by atoms with van der Waals surface area (Å²) >= 11 is 0. The summed E-state index contributed by atoms with van der Waals surface area (Å²) < 4.78 is 0. The summed E-state index contributed by atoms with van der Waals surface area (Å²) in [6, 6.07) is 12.6. The summed E-state index contributed by atoms with van der Waals surface area (Å²) in [6.45, 7) is 9.69. The van der Waals surface area contributed by atoms with Crippen LogP contribution < -0.4 is 5.73 Å². The van der Waals surface area contributed by atoms with E-state index in [-0.39, 0.29) is 0 Å². The third-order valence-corrected chi connectivity index (χ3v) is 4.57. The van der Waals surface area contributed by atoms with Crippen molar-refractivity contribution in [1.29, 1.82) is 5.26 Å². The number of benzene rings is 1. The van der Waals surface area contributed by atoms with Crippen molar-refractivity contribution in [2.45, 2.75) is 31.8 Å². The van der Waals surface area contributed by atoms with Gasteiger partial charge in [-0.3, -0.25) is 4.90 Å². The maximum Gasteiger partial charge on any atom is 0.131 e. The van der Waals surface area contributed by atoms with E-state index < -0.39 is 5.54 Å². The van der Waals surface area contributed by atoms with Gasteiger partial charge in [0.1, 0.15) is 5.54 Å². The maximum atomic E-state index is 9.50. The first-order chi connectivity index (χ1) is 10.1. The van der Waals surface area contributed by atoms with Gasteiger partial charge >= 0.3 is 0 Å². The van der Waals surface area contributed by atoms with E-state index in [0.717, 1.165) is 38.3 Å².